The van der Waals surface area contributed by atoms with Crippen LogP contribution in [-0.4, -0.2) is 38.6 Å². The van der Waals surface area contributed by atoms with Gasteiger partial charge in [0.15, 0.2) is 0 Å². The number of carbonyl (C=O) groups excluding carboxylic acids is 1. The van der Waals surface area contributed by atoms with E-state index in [2.05, 4.69) is 20.9 Å². The first-order valence-corrected chi connectivity index (χ1v) is 6.45. The molecule has 1 fully saturated rings. The molecule has 1 saturated heterocycles. The third kappa shape index (κ3) is 2.33. The van der Waals surface area contributed by atoms with Crippen LogP contribution in [0.4, 0.5) is 5.69 Å². The number of halogens is 1. The van der Waals surface area contributed by atoms with Crippen molar-refractivity contribution in [3.8, 4) is 0 Å². The number of carbonyl (C=O) groups is 1. The topological polar surface area (TPSA) is 79.2 Å². The molecular formula is C10H12BrN3O3. The van der Waals surface area contributed by atoms with E-state index in [1.165, 1.54) is 12.3 Å². The summed E-state index contributed by atoms with van der Waals surface area (Å²) in [6.45, 7) is 0.710. The van der Waals surface area contributed by atoms with Crippen LogP contribution in [-0.2, 0) is 0 Å². The molecule has 1 unspecified atom stereocenters. The molecule has 1 N–H and O–H groups in total. The quantitative estimate of drug-likeness (QED) is 0.526. The highest BCUT2D eigenvalue weighted by atomic mass is 79.9. The second-order valence-electron chi connectivity index (χ2n) is 3.98. The van der Waals surface area contributed by atoms with Crippen LogP contribution in [0.2, 0.25) is 0 Å². The molecule has 6 nitrogen and oxygen atoms in total. The van der Waals surface area contributed by atoms with Gasteiger partial charge in [-0.05, 0) is 12.8 Å². The van der Waals surface area contributed by atoms with E-state index in [0.717, 1.165) is 18.2 Å². The Morgan fingerprint density at radius 2 is 2.47 bits per heavy atom. The van der Waals surface area contributed by atoms with Gasteiger partial charge in [0.2, 0.25) is 0 Å². The van der Waals surface area contributed by atoms with E-state index in [-0.39, 0.29) is 23.3 Å². The van der Waals surface area contributed by atoms with Crippen molar-refractivity contribution in [3.63, 3.8) is 0 Å². The number of alkyl halides is 1. The summed E-state index contributed by atoms with van der Waals surface area (Å²) in [6.07, 6.45) is 3.19. The fourth-order valence-corrected chi connectivity index (χ4v) is 2.70. The highest BCUT2D eigenvalue weighted by Crippen LogP contribution is 2.22. The number of hydrogen-bond acceptors (Lipinski definition) is 3. The Kier molecular flexibility index (Phi) is 3.46. The van der Waals surface area contributed by atoms with Gasteiger partial charge in [-0.2, -0.15) is 0 Å². The van der Waals surface area contributed by atoms with Crippen molar-refractivity contribution in [2.24, 2.45) is 0 Å². The molecule has 1 atom stereocenters. The zero-order valence-electron chi connectivity index (χ0n) is 9.06. The molecular weight excluding hydrogens is 290 g/mol. The summed E-state index contributed by atoms with van der Waals surface area (Å²) < 4.78 is 0. The minimum absolute atomic E-state index is 0.0806. The molecule has 1 aliphatic rings. The lowest BCUT2D eigenvalue weighted by molar-refractivity contribution is -0.384. The highest BCUT2D eigenvalue weighted by Gasteiger charge is 2.29. The summed E-state index contributed by atoms with van der Waals surface area (Å²) in [6, 6.07) is 1.47. The first-order valence-electron chi connectivity index (χ1n) is 5.33. The minimum atomic E-state index is -0.515. The molecule has 0 saturated carbocycles. The summed E-state index contributed by atoms with van der Waals surface area (Å²) in [5, 5.41) is 11.3. The van der Waals surface area contributed by atoms with Crippen LogP contribution < -0.4 is 0 Å². The van der Waals surface area contributed by atoms with Gasteiger partial charge in [0.1, 0.15) is 5.69 Å². The molecule has 2 heterocycles. The Morgan fingerprint density at radius 1 is 1.71 bits per heavy atom. The van der Waals surface area contributed by atoms with Crippen molar-refractivity contribution in [2.75, 3.05) is 11.9 Å². The number of hydrogen-bond donors (Lipinski definition) is 1. The smallest absolute Gasteiger partial charge is 0.287 e. The molecule has 1 aliphatic heterocycles. The predicted molar refractivity (Wildman–Crippen MR) is 65.3 cm³/mol. The van der Waals surface area contributed by atoms with Gasteiger partial charge < -0.3 is 9.88 Å². The number of nitro groups is 1. The van der Waals surface area contributed by atoms with E-state index in [1.54, 1.807) is 4.90 Å². The summed E-state index contributed by atoms with van der Waals surface area (Å²) in [5.41, 5.74) is 0.201. The van der Waals surface area contributed by atoms with Gasteiger partial charge in [0, 0.05) is 24.0 Å². The SMILES string of the molecule is O=C(c1cc([N+](=O)[O-])c[nH]1)N1CCCC1CBr. The molecule has 1 aromatic heterocycles. The van der Waals surface area contributed by atoms with Crippen molar-refractivity contribution < 1.29 is 9.72 Å². The molecule has 0 radical (unpaired) electrons. The average Bonchev–Trinajstić information content (AvgIpc) is 2.96. The molecule has 0 aromatic carbocycles. The largest absolute Gasteiger partial charge is 0.351 e. The first kappa shape index (κ1) is 12.1. The number of likely N-dealkylation sites (tertiary alicyclic amines) is 1. The van der Waals surface area contributed by atoms with Crippen LogP contribution in [0.3, 0.4) is 0 Å². The Hall–Kier alpha value is -1.37. The lowest BCUT2D eigenvalue weighted by Crippen LogP contribution is -2.36. The molecule has 1 amide bonds. The second kappa shape index (κ2) is 4.87. The fraction of sp³-hybridized carbons (Fsp3) is 0.500. The van der Waals surface area contributed by atoms with E-state index < -0.39 is 4.92 Å². The van der Waals surface area contributed by atoms with Crippen LogP contribution in [0, 0.1) is 10.1 Å². The maximum atomic E-state index is 12.1. The summed E-state index contributed by atoms with van der Waals surface area (Å²) in [4.78, 5) is 26.5. The molecule has 0 bridgehead atoms. The number of H-pyrrole nitrogens is 1. The van der Waals surface area contributed by atoms with Gasteiger partial charge in [0.05, 0.1) is 11.1 Å². The molecule has 0 spiro atoms. The standard InChI is InChI=1S/C10H12BrN3O3/c11-5-7-2-1-3-13(7)10(15)9-4-8(6-12-9)14(16)17/h4,6-7,12H,1-3,5H2. The molecule has 7 heteroatoms. The van der Waals surface area contributed by atoms with E-state index in [1.807, 2.05) is 0 Å². The monoisotopic (exact) mass is 301 g/mol. The maximum absolute atomic E-state index is 12.1. The van der Waals surface area contributed by atoms with Crippen molar-refractivity contribution in [3.05, 3.63) is 28.1 Å². The van der Waals surface area contributed by atoms with Crippen molar-refractivity contribution >= 4 is 27.5 Å². The Bertz CT molecular complexity index is 446. The number of rotatable bonds is 3. The minimum Gasteiger partial charge on any atom is -0.351 e. The van der Waals surface area contributed by atoms with Gasteiger partial charge in [0.25, 0.3) is 11.6 Å². The van der Waals surface area contributed by atoms with Gasteiger partial charge in [-0.15, -0.1) is 0 Å². The predicted octanol–water partition coefficient (Wildman–Crippen LogP) is 1.92. The van der Waals surface area contributed by atoms with Gasteiger partial charge in [-0.1, -0.05) is 15.9 Å². The van der Waals surface area contributed by atoms with E-state index in [9.17, 15) is 14.9 Å². The number of nitrogens with one attached hydrogen (secondary N) is 1. The molecule has 92 valence electrons. The lowest BCUT2D eigenvalue weighted by atomic mass is 10.2. The van der Waals surface area contributed by atoms with Crippen LogP contribution in [0.15, 0.2) is 12.3 Å². The second-order valence-corrected chi connectivity index (χ2v) is 4.63. The van der Waals surface area contributed by atoms with E-state index >= 15 is 0 Å². The van der Waals surface area contributed by atoms with Crippen LogP contribution in [0.5, 0.6) is 0 Å². The van der Waals surface area contributed by atoms with Crippen molar-refractivity contribution in [1.82, 2.24) is 9.88 Å². The maximum Gasteiger partial charge on any atom is 0.287 e. The van der Waals surface area contributed by atoms with Crippen molar-refractivity contribution in [1.29, 1.82) is 0 Å². The Balaban J connectivity index is 2.16. The molecule has 2 rings (SSSR count). The normalized spacial score (nSPS) is 19.6. The Morgan fingerprint density at radius 3 is 3.06 bits per heavy atom. The van der Waals surface area contributed by atoms with Crippen LogP contribution in [0.1, 0.15) is 23.3 Å². The summed E-state index contributed by atoms with van der Waals surface area (Å²) in [5.74, 6) is -0.167. The zero-order valence-corrected chi connectivity index (χ0v) is 10.6. The summed E-state index contributed by atoms with van der Waals surface area (Å²) in [7, 11) is 0. The number of amides is 1. The lowest BCUT2D eigenvalue weighted by Gasteiger charge is -2.22. The van der Waals surface area contributed by atoms with Gasteiger partial charge >= 0.3 is 0 Å². The first-order chi connectivity index (χ1) is 8.13. The molecule has 1 aromatic rings. The van der Waals surface area contributed by atoms with E-state index in [0.29, 0.717) is 6.54 Å². The Labute approximate surface area is 106 Å². The van der Waals surface area contributed by atoms with Crippen LogP contribution in [0.25, 0.3) is 0 Å². The highest BCUT2D eigenvalue weighted by molar-refractivity contribution is 9.09. The number of aromatic nitrogens is 1. The third-order valence-corrected chi connectivity index (χ3v) is 3.67. The van der Waals surface area contributed by atoms with Crippen molar-refractivity contribution in [2.45, 2.75) is 18.9 Å². The summed E-state index contributed by atoms with van der Waals surface area (Å²) >= 11 is 3.37. The zero-order chi connectivity index (χ0) is 12.4. The van der Waals surface area contributed by atoms with Crippen LogP contribution >= 0.6 is 15.9 Å². The molecule has 17 heavy (non-hydrogen) atoms. The number of aromatic amines is 1. The average molecular weight is 302 g/mol. The number of nitrogens with zero attached hydrogens (tertiary/aromatic N) is 2. The van der Waals surface area contributed by atoms with E-state index in [4.69, 9.17) is 0 Å². The fourth-order valence-electron chi connectivity index (χ4n) is 2.03. The third-order valence-electron chi connectivity index (χ3n) is 2.93. The molecule has 0 aliphatic carbocycles. The van der Waals surface area contributed by atoms with Gasteiger partial charge in [-0.3, -0.25) is 14.9 Å². The van der Waals surface area contributed by atoms with Gasteiger partial charge in [-0.25, -0.2) is 0 Å².